The number of benzene rings is 1. The molecule has 0 spiro atoms. The van der Waals surface area contributed by atoms with Crippen molar-refractivity contribution in [1.29, 1.82) is 0 Å². The van der Waals surface area contributed by atoms with E-state index in [1.165, 1.54) is 0 Å². The highest BCUT2D eigenvalue weighted by molar-refractivity contribution is 5.79. The normalized spacial score (nSPS) is 13.0. The smallest absolute Gasteiger partial charge is 0.176 e. The van der Waals surface area contributed by atoms with E-state index in [0.717, 1.165) is 35.1 Å². The number of pyridine rings is 1. The minimum atomic E-state index is -0.313. The molecule has 2 rings (SSSR count). The SMILES string of the molecule is CCCNC(c1ccc2nc(C)ccc2c1)C(OC)OC. The second-order valence-electron chi connectivity index (χ2n) is 5.18. The maximum Gasteiger partial charge on any atom is 0.176 e. The average Bonchev–Trinajstić information content (AvgIpc) is 2.51. The number of rotatable bonds is 7. The molecule has 1 unspecified atom stereocenters. The molecule has 1 heterocycles. The molecule has 0 bridgehead atoms. The van der Waals surface area contributed by atoms with E-state index in [1.54, 1.807) is 14.2 Å². The van der Waals surface area contributed by atoms with Crippen molar-refractivity contribution in [3.05, 3.63) is 41.6 Å². The maximum atomic E-state index is 5.44. The highest BCUT2D eigenvalue weighted by atomic mass is 16.7. The van der Waals surface area contributed by atoms with E-state index in [-0.39, 0.29) is 12.3 Å². The van der Waals surface area contributed by atoms with Gasteiger partial charge in [0, 0.05) is 25.3 Å². The largest absolute Gasteiger partial charge is 0.354 e. The van der Waals surface area contributed by atoms with Crippen molar-refractivity contribution >= 4 is 10.9 Å². The van der Waals surface area contributed by atoms with Crippen LogP contribution in [0.15, 0.2) is 30.3 Å². The summed E-state index contributed by atoms with van der Waals surface area (Å²) in [5, 5.41) is 4.63. The van der Waals surface area contributed by atoms with Gasteiger partial charge in [-0.2, -0.15) is 0 Å². The van der Waals surface area contributed by atoms with Crippen LogP contribution in [0.2, 0.25) is 0 Å². The summed E-state index contributed by atoms with van der Waals surface area (Å²) in [6.45, 7) is 5.06. The van der Waals surface area contributed by atoms with Crippen LogP contribution in [0.5, 0.6) is 0 Å². The third-order valence-corrected chi connectivity index (χ3v) is 3.56. The first-order chi connectivity index (χ1) is 10.2. The topological polar surface area (TPSA) is 43.4 Å². The Morgan fingerprint density at radius 1 is 1.14 bits per heavy atom. The molecule has 21 heavy (non-hydrogen) atoms. The van der Waals surface area contributed by atoms with E-state index < -0.39 is 0 Å². The predicted octanol–water partition coefficient (Wildman–Crippen LogP) is 3.20. The standard InChI is InChI=1S/C17H24N2O2/c1-5-10-18-16(17(20-3)21-4)14-8-9-15-13(11-14)7-6-12(2)19-15/h6-9,11,16-18H,5,10H2,1-4H3. The number of nitrogens with one attached hydrogen (secondary N) is 1. The number of hydrogen-bond donors (Lipinski definition) is 1. The third kappa shape index (κ3) is 3.79. The number of fused-ring (bicyclic) bond motifs is 1. The molecular weight excluding hydrogens is 264 g/mol. The van der Waals surface area contributed by atoms with Gasteiger partial charge < -0.3 is 14.8 Å². The Balaban J connectivity index is 2.36. The molecule has 1 atom stereocenters. The Kier molecular flexibility index (Phi) is 5.67. The van der Waals surface area contributed by atoms with Crippen LogP contribution in [0, 0.1) is 6.92 Å². The third-order valence-electron chi connectivity index (χ3n) is 3.56. The number of ether oxygens (including phenoxy) is 2. The van der Waals surface area contributed by atoms with Gasteiger partial charge in [-0.1, -0.05) is 19.1 Å². The Morgan fingerprint density at radius 2 is 1.90 bits per heavy atom. The van der Waals surface area contributed by atoms with Gasteiger partial charge in [-0.25, -0.2) is 0 Å². The van der Waals surface area contributed by atoms with E-state index in [1.807, 2.05) is 13.0 Å². The molecule has 0 fully saturated rings. The molecule has 0 radical (unpaired) electrons. The summed E-state index contributed by atoms with van der Waals surface area (Å²) in [5.74, 6) is 0. The minimum Gasteiger partial charge on any atom is -0.354 e. The van der Waals surface area contributed by atoms with Gasteiger partial charge in [0.1, 0.15) is 0 Å². The molecule has 4 nitrogen and oxygen atoms in total. The number of hydrogen-bond acceptors (Lipinski definition) is 4. The van der Waals surface area contributed by atoms with Crippen LogP contribution in [0.25, 0.3) is 10.9 Å². The minimum absolute atomic E-state index is 0.00523. The molecule has 0 aliphatic carbocycles. The van der Waals surface area contributed by atoms with Gasteiger partial charge in [0.15, 0.2) is 6.29 Å². The average molecular weight is 288 g/mol. The van der Waals surface area contributed by atoms with E-state index >= 15 is 0 Å². The molecule has 2 aromatic rings. The van der Waals surface area contributed by atoms with Crippen LogP contribution in [0.4, 0.5) is 0 Å². The molecule has 4 heteroatoms. The molecule has 0 saturated carbocycles. The second-order valence-corrected chi connectivity index (χ2v) is 5.18. The van der Waals surface area contributed by atoms with Gasteiger partial charge in [-0.15, -0.1) is 0 Å². The zero-order valence-corrected chi connectivity index (χ0v) is 13.2. The first-order valence-electron chi connectivity index (χ1n) is 7.36. The number of aromatic nitrogens is 1. The van der Waals surface area contributed by atoms with Crippen LogP contribution >= 0.6 is 0 Å². The van der Waals surface area contributed by atoms with Gasteiger partial charge in [0.05, 0.1) is 11.6 Å². The van der Waals surface area contributed by atoms with Gasteiger partial charge in [-0.3, -0.25) is 4.98 Å². The highest BCUT2D eigenvalue weighted by Crippen LogP contribution is 2.24. The van der Waals surface area contributed by atoms with Crippen molar-refractivity contribution in [1.82, 2.24) is 10.3 Å². The van der Waals surface area contributed by atoms with E-state index in [9.17, 15) is 0 Å². The van der Waals surface area contributed by atoms with Crippen molar-refractivity contribution in [2.45, 2.75) is 32.6 Å². The summed E-state index contributed by atoms with van der Waals surface area (Å²) >= 11 is 0. The van der Waals surface area contributed by atoms with Crippen LogP contribution < -0.4 is 5.32 Å². The summed E-state index contributed by atoms with van der Waals surface area (Å²) in [5.41, 5.74) is 3.19. The second kappa shape index (κ2) is 7.50. The van der Waals surface area contributed by atoms with Crippen LogP contribution in [0.1, 0.15) is 30.6 Å². The fourth-order valence-electron chi connectivity index (χ4n) is 2.48. The molecule has 0 aliphatic heterocycles. The van der Waals surface area contributed by atoms with Crippen molar-refractivity contribution in [2.75, 3.05) is 20.8 Å². The predicted molar refractivity (Wildman–Crippen MR) is 85.3 cm³/mol. The Morgan fingerprint density at radius 3 is 2.57 bits per heavy atom. The van der Waals surface area contributed by atoms with Crippen molar-refractivity contribution in [2.24, 2.45) is 0 Å². The van der Waals surface area contributed by atoms with Crippen molar-refractivity contribution in [3.63, 3.8) is 0 Å². The van der Waals surface area contributed by atoms with Crippen LogP contribution in [0.3, 0.4) is 0 Å². The summed E-state index contributed by atoms with van der Waals surface area (Å²) in [4.78, 5) is 4.54. The summed E-state index contributed by atoms with van der Waals surface area (Å²) < 4.78 is 10.9. The van der Waals surface area contributed by atoms with Gasteiger partial charge in [0.2, 0.25) is 0 Å². The molecule has 0 aliphatic rings. The monoisotopic (exact) mass is 288 g/mol. The molecule has 1 aromatic heterocycles. The summed E-state index contributed by atoms with van der Waals surface area (Å²) in [6.07, 6.45) is 0.748. The lowest BCUT2D eigenvalue weighted by molar-refractivity contribution is -0.124. The van der Waals surface area contributed by atoms with E-state index in [0.29, 0.717) is 0 Å². The number of nitrogens with zero attached hydrogens (tertiary/aromatic N) is 1. The quantitative estimate of drug-likeness (QED) is 0.795. The Labute approximate surface area is 126 Å². The zero-order valence-electron chi connectivity index (χ0n) is 13.2. The molecule has 114 valence electrons. The maximum absolute atomic E-state index is 5.44. The fourth-order valence-corrected chi connectivity index (χ4v) is 2.48. The number of methoxy groups -OCH3 is 2. The summed E-state index contributed by atoms with van der Waals surface area (Å²) in [6, 6.07) is 10.4. The first kappa shape index (κ1) is 15.9. The Hall–Kier alpha value is -1.49. The van der Waals surface area contributed by atoms with Gasteiger partial charge in [0.25, 0.3) is 0 Å². The number of aryl methyl sites for hydroxylation is 1. The molecule has 1 N–H and O–H groups in total. The molecule has 1 aromatic carbocycles. The zero-order chi connectivity index (χ0) is 15.2. The lowest BCUT2D eigenvalue weighted by Gasteiger charge is -2.26. The first-order valence-corrected chi connectivity index (χ1v) is 7.36. The van der Waals surface area contributed by atoms with Crippen molar-refractivity contribution < 1.29 is 9.47 Å². The van der Waals surface area contributed by atoms with Gasteiger partial charge >= 0.3 is 0 Å². The molecular formula is C17H24N2O2. The van der Waals surface area contributed by atoms with Crippen LogP contribution in [-0.2, 0) is 9.47 Å². The lowest BCUT2D eigenvalue weighted by atomic mass is 10.0. The summed E-state index contributed by atoms with van der Waals surface area (Å²) in [7, 11) is 3.33. The van der Waals surface area contributed by atoms with Crippen LogP contribution in [-0.4, -0.2) is 32.0 Å². The lowest BCUT2D eigenvalue weighted by Crippen LogP contribution is -2.35. The highest BCUT2D eigenvalue weighted by Gasteiger charge is 2.22. The molecule has 0 saturated heterocycles. The van der Waals surface area contributed by atoms with E-state index in [4.69, 9.17) is 9.47 Å². The Bertz CT molecular complexity index is 582. The van der Waals surface area contributed by atoms with Crippen molar-refractivity contribution in [3.8, 4) is 0 Å². The molecule has 0 amide bonds. The van der Waals surface area contributed by atoms with Gasteiger partial charge in [-0.05, 0) is 43.7 Å². The fraction of sp³-hybridized carbons (Fsp3) is 0.471. The van der Waals surface area contributed by atoms with E-state index in [2.05, 4.69) is 41.5 Å².